The molecule has 1 saturated heterocycles. The molecule has 0 bridgehead atoms. The highest BCUT2D eigenvalue weighted by atomic mass is 15.0. The van der Waals surface area contributed by atoms with E-state index >= 15 is 0 Å². The van der Waals surface area contributed by atoms with Gasteiger partial charge < -0.3 is 10.6 Å². The Kier molecular flexibility index (Phi) is 3.97. The van der Waals surface area contributed by atoms with E-state index in [0.717, 1.165) is 13.1 Å². The predicted molar refractivity (Wildman–Crippen MR) is 68.4 cm³/mol. The van der Waals surface area contributed by atoms with E-state index in [1.807, 2.05) is 0 Å². The second-order valence-electron chi connectivity index (χ2n) is 4.99. The standard InChI is InChI=1S/C14H22N2/c1-11(2)14(12-6-4-3-5-7-12)16-13-8-9-15-10-13/h3-7,11,13-16H,8-10H2,1-2H3. The molecule has 0 radical (unpaired) electrons. The summed E-state index contributed by atoms with van der Waals surface area (Å²) in [6, 6.07) is 11.9. The van der Waals surface area contributed by atoms with Crippen LogP contribution in [0, 0.1) is 5.92 Å². The SMILES string of the molecule is CC(C)C(NC1CCNC1)c1ccccc1. The minimum absolute atomic E-state index is 0.478. The Labute approximate surface area is 98.4 Å². The Bertz CT molecular complexity index is 302. The largest absolute Gasteiger partial charge is 0.315 e. The maximum Gasteiger partial charge on any atom is 0.0346 e. The van der Waals surface area contributed by atoms with Gasteiger partial charge in [0.2, 0.25) is 0 Å². The monoisotopic (exact) mass is 218 g/mol. The van der Waals surface area contributed by atoms with Crippen molar-refractivity contribution in [1.82, 2.24) is 10.6 Å². The van der Waals surface area contributed by atoms with E-state index < -0.39 is 0 Å². The van der Waals surface area contributed by atoms with E-state index in [4.69, 9.17) is 0 Å². The van der Waals surface area contributed by atoms with Gasteiger partial charge in [0.25, 0.3) is 0 Å². The molecule has 1 fully saturated rings. The van der Waals surface area contributed by atoms with E-state index in [1.165, 1.54) is 12.0 Å². The molecule has 1 aliphatic rings. The minimum Gasteiger partial charge on any atom is -0.315 e. The molecule has 2 atom stereocenters. The molecule has 2 N–H and O–H groups in total. The van der Waals surface area contributed by atoms with Gasteiger partial charge in [0.05, 0.1) is 0 Å². The minimum atomic E-state index is 0.478. The van der Waals surface area contributed by atoms with E-state index in [0.29, 0.717) is 18.0 Å². The van der Waals surface area contributed by atoms with Gasteiger partial charge in [-0.1, -0.05) is 44.2 Å². The van der Waals surface area contributed by atoms with Crippen LogP contribution in [0.2, 0.25) is 0 Å². The second-order valence-corrected chi connectivity index (χ2v) is 4.99. The van der Waals surface area contributed by atoms with E-state index in [1.54, 1.807) is 0 Å². The molecule has 2 heteroatoms. The molecule has 0 aliphatic carbocycles. The van der Waals surface area contributed by atoms with Crippen LogP contribution in [0.1, 0.15) is 31.9 Å². The second kappa shape index (κ2) is 5.46. The summed E-state index contributed by atoms with van der Waals surface area (Å²) >= 11 is 0. The molecule has 0 aromatic heterocycles. The van der Waals surface area contributed by atoms with Gasteiger partial charge in [0.1, 0.15) is 0 Å². The Morgan fingerprint density at radius 2 is 2.00 bits per heavy atom. The molecule has 0 amide bonds. The Balaban J connectivity index is 2.05. The Hall–Kier alpha value is -0.860. The highest BCUT2D eigenvalue weighted by molar-refractivity contribution is 5.19. The molecule has 2 nitrogen and oxygen atoms in total. The van der Waals surface area contributed by atoms with Crippen LogP contribution in [0.5, 0.6) is 0 Å². The lowest BCUT2D eigenvalue weighted by molar-refractivity contribution is 0.369. The summed E-state index contributed by atoms with van der Waals surface area (Å²) in [5.41, 5.74) is 1.41. The number of benzene rings is 1. The van der Waals surface area contributed by atoms with Gasteiger partial charge in [-0.05, 0) is 24.4 Å². The molecule has 0 spiro atoms. The summed E-state index contributed by atoms with van der Waals surface area (Å²) in [5.74, 6) is 0.628. The maximum atomic E-state index is 3.77. The summed E-state index contributed by atoms with van der Waals surface area (Å²) < 4.78 is 0. The van der Waals surface area contributed by atoms with Crippen LogP contribution in [-0.2, 0) is 0 Å². The lowest BCUT2D eigenvalue weighted by Gasteiger charge is -2.26. The molecular formula is C14H22N2. The average molecular weight is 218 g/mol. The van der Waals surface area contributed by atoms with Crippen molar-refractivity contribution in [3.05, 3.63) is 35.9 Å². The Morgan fingerprint density at radius 1 is 1.25 bits per heavy atom. The maximum absolute atomic E-state index is 3.77. The first-order chi connectivity index (χ1) is 7.77. The molecule has 1 aliphatic heterocycles. The topological polar surface area (TPSA) is 24.1 Å². The zero-order chi connectivity index (χ0) is 11.4. The third kappa shape index (κ3) is 2.83. The van der Waals surface area contributed by atoms with Gasteiger partial charge in [-0.2, -0.15) is 0 Å². The van der Waals surface area contributed by atoms with Crippen LogP contribution in [0.3, 0.4) is 0 Å². The molecule has 0 saturated carbocycles. The van der Waals surface area contributed by atoms with Gasteiger partial charge in [0, 0.05) is 18.6 Å². The third-order valence-corrected chi connectivity index (χ3v) is 3.30. The van der Waals surface area contributed by atoms with Crippen molar-refractivity contribution in [3.8, 4) is 0 Å². The molecule has 1 aromatic carbocycles. The first-order valence-corrected chi connectivity index (χ1v) is 6.29. The molecule has 16 heavy (non-hydrogen) atoms. The van der Waals surface area contributed by atoms with Crippen LogP contribution >= 0.6 is 0 Å². The number of hydrogen-bond acceptors (Lipinski definition) is 2. The molecule has 2 unspecified atom stereocenters. The highest BCUT2D eigenvalue weighted by Crippen LogP contribution is 2.22. The summed E-state index contributed by atoms with van der Waals surface area (Å²) in [6.45, 7) is 6.83. The molecule has 1 aromatic rings. The number of nitrogens with one attached hydrogen (secondary N) is 2. The lowest BCUT2D eigenvalue weighted by atomic mass is 9.95. The zero-order valence-electron chi connectivity index (χ0n) is 10.2. The van der Waals surface area contributed by atoms with Crippen molar-refractivity contribution in [3.63, 3.8) is 0 Å². The number of hydrogen-bond donors (Lipinski definition) is 2. The van der Waals surface area contributed by atoms with Crippen LogP contribution in [-0.4, -0.2) is 19.1 Å². The smallest absolute Gasteiger partial charge is 0.0346 e. The first-order valence-electron chi connectivity index (χ1n) is 6.29. The van der Waals surface area contributed by atoms with Gasteiger partial charge in [-0.15, -0.1) is 0 Å². The van der Waals surface area contributed by atoms with Crippen LogP contribution in [0.4, 0.5) is 0 Å². The summed E-state index contributed by atoms with van der Waals surface area (Å²) in [5, 5.41) is 7.17. The van der Waals surface area contributed by atoms with Gasteiger partial charge >= 0.3 is 0 Å². The van der Waals surface area contributed by atoms with E-state index in [2.05, 4.69) is 54.8 Å². The number of rotatable bonds is 4. The average Bonchev–Trinajstić information content (AvgIpc) is 2.79. The van der Waals surface area contributed by atoms with Crippen molar-refractivity contribution in [1.29, 1.82) is 0 Å². The first kappa shape index (κ1) is 11.6. The molecule has 88 valence electrons. The lowest BCUT2D eigenvalue weighted by Crippen LogP contribution is -2.36. The van der Waals surface area contributed by atoms with Crippen LogP contribution in [0.25, 0.3) is 0 Å². The van der Waals surface area contributed by atoms with Crippen molar-refractivity contribution >= 4 is 0 Å². The fraction of sp³-hybridized carbons (Fsp3) is 0.571. The van der Waals surface area contributed by atoms with Crippen molar-refractivity contribution in [2.75, 3.05) is 13.1 Å². The summed E-state index contributed by atoms with van der Waals surface area (Å²) in [6.07, 6.45) is 1.25. The summed E-state index contributed by atoms with van der Waals surface area (Å²) in [4.78, 5) is 0. The van der Waals surface area contributed by atoms with Crippen LogP contribution in [0.15, 0.2) is 30.3 Å². The summed E-state index contributed by atoms with van der Waals surface area (Å²) in [7, 11) is 0. The van der Waals surface area contributed by atoms with Gasteiger partial charge in [-0.25, -0.2) is 0 Å². The molecule has 1 heterocycles. The fourth-order valence-electron chi connectivity index (χ4n) is 2.38. The predicted octanol–water partition coefficient (Wildman–Crippen LogP) is 2.34. The quantitative estimate of drug-likeness (QED) is 0.810. The van der Waals surface area contributed by atoms with Crippen LogP contribution < -0.4 is 10.6 Å². The highest BCUT2D eigenvalue weighted by Gasteiger charge is 2.21. The van der Waals surface area contributed by atoms with Gasteiger partial charge in [0.15, 0.2) is 0 Å². The fourth-order valence-corrected chi connectivity index (χ4v) is 2.38. The van der Waals surface area contributed by atoms with Crippen molar-refractivity contribution < 1.29 is 0 Å². The van der Waals surface area contributed by atoms with Crippen molar-refractivity contribution in [2.24, 2.45) is 5.92 Å². The normalized spacial score (nSPS) is 22.6. The molecular weight excluding hydrogens is 196 g/mol. The third-order valence-electron chi connectivity index (χ3n) is 3.30. The molecule has 2 rings (SSSR count). The van der Waals surface area contributed by atoms with E-state index in [9.17, 15) is 0 Å². The Morgan fingerprint density at radius 3 is 2.56 bits per heavy atom. The van der Waals surface area contributed by atoms with Gasteiger partial charge in [-0.3, -0.25) is 0 Å². The van der Waals surface area contributed by atoms with E-state index in [-0.39, 0.29) is 0 Å². The zero-order valence-corrected chi connectivity index (χ0v) is 10.2. The van der Waals surface area contributed by atoms with Crippen molar-refractivity contribution in [2.45, 2.75) is 32.4 Å².